The van der Waals surface area contributed by atoms with Crippen LogP contribution in [0.5, 0.6) is 0 Å². The topological polar surface area (TPSA) is 51.7 Å². The van der Waals surface area contributed by atoms with Gasteiger partial charge in [-0.2, -0.15) is 0 Å². The standard InChI is InChI=1S/C23H29N5O/c1-26(2)20-8-4-3-7-19(20)25-23(29)28-15-18(17-6-5-11-24-14-17)22-21(28)16-9-12-27(22)13-10-16/h3-8,11,14,16,18,21-22H,9-10,12-13,15H2,1-2H3,(H,25,29). The lowest BCUT2D eigenvalue weighted by atomic mass is 9.75. The summed E-state index contributed by atoms with van der Waals surface area (Å²) in [7, 11) is 4.01. The molecule has 2 amide bonds. The second-order valence-electron chi connectivity index (χ2n) is 8.74. The van der Waals surface area contributed by atoms with Crippen molar-refractivity contribution in [1.82, 2.24) is 14.8 Å². The number of piperidine rings is 3. The summed E-state index contributed by atoms with van der Waals surface area (Å²) in [6.45, 7) is 3.06. The zero-order chi connectivity index (χ0) is 20.0. The van der Waals surface area contributed by atoms with Crippen LogP contribution in [0.1, 0.15) is 24.3 Å². The van der Waals surface area contributed by atoms with Crippen LogP contribution in [-0.4, -0.2) is 66.6 Å². The Hall–Kier alpha value is -2.60. The Labute approximate surface area is 172 Å². The molecular weight excluding hydrogens is 362 g/mol. The molecule has 29 heavy (non-hydrogen) atoms. The minimum Gasteiger partial charge on any atom is -0.376 e. The molecule has 4 aliphatic heterocycles. The Morgan fingerprint density at radius 3 is 2.62 bits per heavy atom. The van der Waals surface area contributed by atoms with Gasteiger partial charge in [-0.1, -0.05) is 18.2 Å². The van der Waals surface area contributed by atoms with Gasteiger partial charge in [-0.3, -0.25) is 9.88 Å². The third kappa shape index (κ3) is 3.15. The van der Waals surface area contributed by atoms with Crippen molar-refractivity contribution < 1.29 is 4.79 Å². The van der Waals surface area contributed by atoms with Gasteiger partial charge in [-0.15, -0.1) is 0 Å². The molecule has 0 aliphatic carbocycles. The van der Waals surface area contributed by atoms with Crippen molar-refractivity contribution in [3.8, 4) is 0 Å². The third-order valence-corrected chi connectivity index (χ3v) is 7.00. The number of rotatable bonds is 3. The fourth-order valence-corrected chi connectivity index (χ4v) is 5.70. The maximum atomic E-state index is 13.5. The number of para-hydroxylation sites is 2. The second kappa shape index (κ2) is 7.34. The molecule has 2 bridgehead atoms. The van der Waals surface area contributed by atoms with Gasteiger partial charge in [0.15, 0.2) is 0 Å². The summed E-state index contributed by atoms with van der Waals surface area (Å²) < 4.78 is 0. The fraction of sp³-hybridized carbons (Fsp3) is 0.478. The number of carbonyl (C=O) groups is 1. The summed E-state index contributed by atoms with van der Waals surface area (Å²) in [5, 5.41) is 3.21. The van der Waals surface area contributed by atoms with Gasteiger partial charge in [0.1, 0.15) is 0 Å². The van der Waals surface area contributed by atoms with Crippen LogP contribution in [-0.2, 0) is 0 Å². The van der Waals surface area contributed by atoms with Gasteiger partial charge >= 0.3 is 6.03 Å². The van der Waals surface area contributed by atoms with E-state index in [1.54, 1.807) is 0 Å². The Morgan fingerprint density at radius 1 is 1.10 bits per heavy atom. The van der Waals surface area contributed by atoms with Gasteiger partial charge in [-0.05, 0) is 55.6 Å². The summed E-state index contributed by atoms with van der Waals surface area (Å²) in [6.07, 6.45) is 6.19. The van der Waals surface area contributed by atoms with E-state index in [-0.39, 0.29) is 12.1 Å². The van der Waals surface area contributed by atoms with Crippen LogP contribution < -0.4 is 10.2 Å². The first-order chi connectivity index (χ1) is 14.1. The summed E-state index contributed by atoms with van der Waals surface area (Å²) in [4.78, 5) is 24.6. The average Bonchev–Trinajstić information content (AvgIpc) is 3.18. The zero-order valence-corrected chi connectivity index (χ0v) is 17.2. The number of pyridine rings is 1. The Kier molecular flexibility index (Phi) is 4.66. The number of urea groups is 1. The number of carbonyl (C=O) groups excluding carboxylic acids is 1. The lowest BCUT2D eigenvalue weighted by Crippen LogP contribution is -2.61. The van der Waals surface area contributed by atoms with Crippen LogP contribution in [0.25, 0.3) is 0 Å². The maximum Gasteiger partial charge on any atom is 0.322 e. The minimum absolute atomic E-state index is 0.0226. The molecule has 3 unspecified atom stereocenters. The molecule has 3 atom stereocenters. The van der Waals surface area contributed by atoms with Gasteiger partial charge < -0.3 is 15.1 Å². The van der Waals surface area contributed by atoms with E-state index < -0.39 is 0 Å². The van der Waals surface area contributed by atoms with Crippen LogP contribution >= 0.6 is 0 Å². The Balaban J connectivity index is 1.45. The highest BCUT2D eigenvalue weighted by atomic mass is 16.2. The fourth-order valence-electron chi connectivity index (χ4n) is 5.70. The molecule has 0 spiro atoms. The smallest absolute Gasteiger partial charge is 0.322 e. The molecule has 1 aromatic carbocycles. The second-order valence-corrected chi connectivity index (χ2v) is 8.74. The molecule has 4 fully saturated rings. The zero-order valence-electron chi connectivity index (χ0n) is 17.2. The summed E-state index contributed by atoms with van der Waals surface area (Å²) in [5.74, 6) is 0.924. The van der Waals surface area contributed by atoms with E-state index in [2.05, 4.69) is 26.2 Å². The normalized spacial score (nSPS) is 30.1. The van der Waals surface area contributed by atoms with Crippen LogP contribution in [0.3, 0.4) is 0 Å². The van der Waals surface area contributed by atoms with Crippen molar-refractivity contribution >= 4 is 17.4 Å². The van der Waals surface area contributed by atoms with E-state index >= 15 is 0 Å². The van der Waals surface area contributed by atoms with E-state index in [1.165, 1.54) is 18.4 Å². The van der Waals surface area contributed by atoms with Crippen molar-refractivity contribution in [3.05, 3.63) is 54.4 Å². The van der Waals surface area contributed by atoms with Gasteiger partial charge in [-0.25, -0.2) is 4.79 Å². The molecule has 6 rings (SSSR count). The first-order valence-corrected chi connectivity index (χ1v) is 10.6. The van der Waals surface area contributed by atoms with Crippen molar-refractivity contribution in [1.29, 1.82) is 0 Å². The molecule has 4 saturated heterocycles. The minimum atomic E-state index is 0.0226. The molecule has 1 N–H and O–H groups in total. The quantitative estimate of drug-likeness (QED) is 0.873. The Bertz CT molecular complexity index is 878. The Morgan fingerprint density at radius 2 is 1.90 bits per heavy atom. The highest BCUT2D eigenvalue weighted by Crippen LogP contribution is 2.46. The summed E-state index contributed by atoms with van der Waals surface area (Å²) in [5.41, 5.74) is 3.14. The summed E-state index contributed by atoms with van der Waals surface area (Å²) in [6, 6.07) is 12.9. The van der Waals surface area contributed by atoms with Crippen LogP contribution in [0.15, 0.2) is 48.8 Å². The van der Waals surface area contributed by atoms with Crippen LogP contribution in [0.2, 0.25) is 0 Å². The number of anilines is 2. The molecule has 0 saturated carbocycles. The number of likely N-dealkylation sites (tertiary alicyclic amines) is 1. The number of nitrogens with one attached hydrogen (secondary N) is 1. The number of fused-ring (bicyclic) bond motifs is 2. The van der Waals surface area contributed by atoms with E-state index in [0.29, 0.717) is 17.9 Å². The number of aromatic nitrogens is 1. The predicted octanol–water partition coefficient (Wildman–Crippen LogP) is 3.24. The molecule has 0 radical (unpaired) electrons. The van der Waals surface area contributed by atoms with Crippen molar-refractivity contribution in [2.24, 2.45) is 5.92 Å². The molecule has 5 heterocycles. The first-order valence-electron chi connectivity index (χ1n) is 10.6. The van der Waals surface area contributed by atoms with Crippen LogP contribution in [0, 0.1) is 5.92 Å². The molecular formula is C23H29N5O. The molecule has 4 aliphatic rings. The van der Waals surface area contributed by atoms with Crippen molar-refractivity contribution in [2.45, 2.75) is 30.8 Å². The van der Waals surface area contributed by atoms with E-state index in [4.69, 9.17) is 0 Å². The van der Waals surface area contributed by atoms with Gasteiger partial charge in [0.05, 0.1) is 17.4 Å². The largest absolute Gasteiger partial charge is 0.376 e. The highest BCUT2D eigenvalue weighted by molar-refractivity contribution is 5.93. The lowest BCUT2D eigenvalue weighted by molar-refractivity contribution is 0.00493. The first kappa shape index (κ1) is 18.4. The van der Waals surface area contributed by atoms with Gasteiger partial charge in [0.2, 0.25) is 0 Å². The SMILES string of the molecule is CN(C)c1ccccc1NC(=O)N1CC(c2cccnc2)C2C1C1CCN2CC1. The van der Waals surface area contributed by atoms with Crippen molar-refractivity contribution in [3.63, 3.8) is 0 Å². The van der Waals surface area contributed by atoms with Gasteiger partial charge in [0.25, 0.3) is 0 Å². The number of benzene rings is 1. The van der Waals surface area contributed by atoms with Crippen molar-refractivity contribution in [2.75, 3.05) is 43.9 Å². The molecule has 6 heteroatoms. The number of nitrogens with zero attached hydrogens (tertiary/aromatic N) is 4. The number of hydrogen-bond acceptors (Lipinski definition) is 4. The van der Waals surface area contributed by atoms with Crippen LogP contribution in [0.4, 0.5) is 16.2 Å². The molecule has 152 valence electrons. The van der Waals surface area contributed by atoms with E-state index in [0.717, 1.165) is 31.0 Å². The monoisotopic (exact) mass is 391 g/mol. The lowest BCUT2D eigenvalue weighted by Gasteiger charge is -2.51. The number of hydrogen-bond donors (Lipinski definition) is 1. The van der Waals surface area contributed by atoms with Gasteiger partial charge in [0, 0.05) is 45.0 Å². The highest BCUT2D eigenvalue weighted by Gasteiger charge is 2.54. The molecule has 6 nitrogen and oxygen atoms in total. The average molecular weight is 392 g/mol. The predicted molar refractivity (Wildman–Crippen MR) is 115 cm³/mol. The summed E-state index contributed by atoms with van der Waals surface area (Å²) >= 11 is 0. The van der Waals surface area contributed by atoms with E-state index in [1.807, 2.05) is 61.7 Å². The molecule has 1 aromatic heterocycles. The molecule has 2 aromatic rings. The number of amides is 2. The van der Waals surface area contributed by atoms with E-state index in [9.17, 15) is 4.79 Å². The third-order valence-electron chi connectivity index (χ3n) is 7.00. The maximum absolute atomic E-state index is 13.5.